The molecule has 2 heterocycles. The summed E-state index contributed by atoms with van der Waals surface area (Å²) >= 11 is 0. The topological polar surface area (TPSA) is 66.2 Å². The van der Waals surface area contributed by atoms with E-state index >= 15 is 0 Å². The third-order valence-corrected chi connectivity index (χ3v) is 3.30. The molecule has 19 heavy (non-hydrogen) atoms. The first-order valence-electron chi connectivity index (χ1n) is 6.50. The van der Waals surface area contributed by atoms with Crippen molar-refractivity contribution in [2.75, 3.05) is 25.1 Å². The Kier molecular flexibility index (Phi) is 3.48. The molecule has 1 saturated heterocycles. The van der Waals surface area contributed by atoms with Gasteiger partial charge in [0.05, 0.1) is 18.9 Å². The number of rotatable bonds is 3. The lowest BCUT2D eigenvalue weighted by atomic mass is 10.1. The quantitative estimate of drug-likeness (QED) is 0.782. The third-order valence-electron chi connectivity index (χ3n) is 3.30. The number of H-pyrrole nitrogens is 1. The SMILES string of the molecule is O=C(CC1COCCN1)Nc1cccc2[nH]ccc12. The first-order valence-corrected chi connectivity index (χ1v) is 6.50. The number of amides is 1. The van der Waals surface area contributed by atoms with E-state index in [9.17, 15) is 4.79 Å². The van der Waals surface area contributed by atoms with E-state index < -0.39 is 0 Å². The number of nitrogens with one attached hydrogen (secondary N) is 3. The highest BCUT2D eigenvalue weighted by Gasteiger charge is 2.17. The van der Waals surface area contributed by atoms with Crippen molar-refractivity contribution in [3.8, 4) is 0 Å². The molecule has 0 bridgehead atoms. The van der Waals surface area contributed by atoms with E-state index in [1.54, 1.807) is 0 Å². The van der Waals surface area contributed by atoms with Crippen LogP contribution < -0.4 is 10.6 Å². The molecule has 0 aliphatic carbocycles. The van der Waals surface area contributed by atoms with Crippen LogP contribution in [0.1, 0.15) is 6.42 Å². The summed E-state index contributed by atoms with van der Waals surface area (Å²) in [5.74, 6) is 0.0108. The van der Waals surface area contributed by atoms with Gasteiger partial charge in [-0.05, 0) is 18.2 Å². The molecule has 0 spiro atoms. The molecule has 1 aliphatic rings. The molecule has 1 aliphatic heterocycles. The van der Waals surface area contributed by atoms with Gasteiger partial charge in [0.15, 0.2) is 0 Å². The number of ether oxygens (including phenoxy) is 1. The molecule has 5 heteroatoms. The highest BCUT2D eigenvalue weighted by Crippen LogP contribution is 2.22. The van der Waals surface area contributed by atoms with Crippen LogP contribution in [0.5, 0.6) is 0 Å². The normalized spacial score (nSPS) is 19.5. The molecule has 5 nitrogen and oxygen atoms in total. The highest BCUT2D eigenvalue weighted by molar-refractivity contribution is 6.01. The van der Waals surface area contributed by atoms with Gasteiger partial charge in [0.25, 0.3) is 0 Å². The van der Waals surface area contributed by atoms with E-state index in [1.807, 2.05) is 30.5 Å². The minimum absolute atomic E-state index is 0.0108. The summed E-state index contributed by atoms with van der Waals surface area (Å²) in [5, 5.41) is 7.27. The van der Waals surface area contributed by atoms with Crippen LogP contribution in [-0.4, -0.2) is 36.7 Å². The van der Waals surface area contributed by atoms with Crippen LogP contribution >= 0.6 is 0 Å². The van der Waals surface area contributed by atoms with Crippen molar-refractivity contribution in [3.05, 3.63) is 30.5 Å². The minimum Gasteiger partial charge on any atom is -0.378 e. The van der Waals surface area contributed by atoms with E-state index in [-0.39, 0.29) is 11.9 Å². The Morgan fingerprint density at radius 2 is 2.37 bits per heavy atom. The number of fused-ring (bicyclic) bond motifs is 1. The summed E-state index contributed by atoms with van der Waals surface area (Å²) in [6.07, 6.45) is 2.30. The number of aromatic amines is 1. The molecule has 2 aromatic rings. The van der Waals surface area contributed by atoms with Crippen molar-refractivity contribution in [1.29, 1.82) is 0 Å². The molecule has 1 fully saturated rings. The maximum atomic E-state index is 12.0. The zero-order chi connectivity index (χ0) is 13.1. The molecule has 3 rings (SSSR count). The second-order valence-electron chi connectivity index (χ2n) is 4.72. The lowest BCUT2D eigenvalue weighted by Gasteiger charge is -2.23. The summed E-state index contributed by atoms with van der Waals surface area (Å²) in [6, 6.07) is 7.91. The average Bonchev–Trinajstić information content (AvgIpc) is 2.89. The van der Waals surface area contributed by atoms with Crippen LogP contribution in [0.25, 0.3) is 10.9 Å². The van der Waals surface area contributed by atoms with Gasteiger partial charge in [-0.1, -0.05) is 6.07 Å². The van der Waals surface area contributed by atoms with E-state index in [2.05, 4.69) is 15.6 Å². The van der Waals surface area contributed by atoms with Gasteiger partial charge in [-0.2, -0.15) is 0 Å². The largest absolute Gasteiger partial charge is 0.378 e. The van der Waals surface area contributed by atoms with Crippen molar-refractivity contribution in [3.63, 3.8) is 0 Å². The number of aromatic nitrogens is 1. The number of benzene rings is 1. The molecule has 1 unspecified atom stereocenters. The number of hydrogen-bond donors (Lipinski definition) is 3. The highest BCUT2D eigenvalue weighted by atomic mass is 16.5. The van der Waals surface area contributed by atoms with Gasteiger partial charge in [-0.3, -0.25) is 4.79 Å². The number of morpholine rings is 1. The molecule has 1 aromatic carbocycles. The van der Waals surface area contributed by atoms with E-state index in [4.69, 9.17) is 4.74 Å². The fraction of sp³-hybridized carbons (Fsp3) is 0.357. The number of anilines is 1. The zero-order valence-corrected chi connectivity index (χ0v) is 10.6. The van der Waals surface area contributed by atoms with Gasteiger partial charge in [-0.25, -0.2) is 0 Å². The Morgan fingerprint density at radius 3 is 3.21 bits per heavy atom. The third kappa shape index (κ3) is 2.77. The standard InChI is InChI=1S/C14H17N3O2/c18-14(8-10-9-19-7-6-15-10)17-13-3-1-2-12-11(13)4-5-16-12/h1-5,10,15-16H,6-9H2,(H,17,18). The second-order valence-corrected chi connectivity index (χ2v) is 4.72. The van der Waals surface area contributed by atoms with E-state index in [0.29, 0.717) is 13.0 Å². The fourth-order valence-corrected chi connectivity index (χ4v) is 2.37. The Bertz CT molecular complexity index is 573. The molecule has 1 aromatic heterocycles. The summed E-state index contributed by atoms with van der Waals surface area (Å²) in [6.45, 7) is 2.13. The Morgan fingerprint density at radius 1 is 1.42 bits per heavy atom. The summed E-state index contributed by atoms with van der Waals surface area (Å²) in [5.41, 5.74) is 1.87. The van der Waals surface area contributed by atoms with Crippen molar-refractivity contribution in [1.82, 2.24) is 10.3 Å². The Balaban J connectivity index is 1.67. The maximum Gasteiger partial charge on any atom is 0.226 e. The summed E-state index contributed by atoms with van der Waals surface area (Å²) in [7, 11) is 0. The molecule has 3 N–H and O–H groups in total. The number of hydrogen-bond acceptors (Lipinski definition) is 3. The van der Waals surface area contributed by atoms with Crippen molar-refractivity contribution in [2.24, 2.45) is 0 Å². The Labute approximate surface area is 111 Å². The lowest BCUT2D eigenvalue weighted by molar-refractivity contribution is -0.117. The molecule has 0 radical (unpaired) electrons. The van der Waals surface area contributed by atoms with Crippen LogP contribution in [0.2, 0.25) is 0 Å². The molecular weight excluding hydrogens is 242 g/mol. The monoisotopic (exact) mass is 259 g/mol. The van der Waals surface area contributed by atoms with Gasteiger partial charge < -0.3 is 20.4 Å². The molecular formula is C14H17N3O2. The molecule has 1 amide bonds. The predicted molar refractivity (Wildman–Crippen MR) is 74.2 cm³/mol. The predicted octanol–water partition coefficient (Wildman–Crippen LogP) is 1.48. The van der Waals surface area contributed by atoms with Crippen LogP contribution in [0.4, 0.5) is 5.69 Å². The van der Waals surface area contributed by atoms with Gasteiger partial charge in [-0.15, -0.1) is 0 Å². The molecule has 0 saturated carbocycles. The van der Waals surface area contributed by atoms with Crippen LogP contribution in [0, 0.1) is 0 Å². The van der Waals surface area contributed by atoms with Gasteiger partial charge >= 0.3 is 0 Å². The number of carbonyl (C=O) groups is 1. The molecule has 1 atom stereocenters. The fourth-order valence-electron chi connectivity index (χ4n) is 2.37. The van der Waals surface area contributed by atoms with E-state index in [0.717, 1.165) is 29.7 Å². The minimum atomic E-state index is 0.0108. The van der Waals surface area contributed by atoms with Gasteiger partial charge in [0.2, 0.25) is 5.91 Å². The Hall–Kier alpha value is -1.85. The van der Waals surface area contributed by atoms with Crippen molar-refractivity contribution >= 4 is 22.5 Å². The van der Waals surface area contributed by atoms with Gasteiger partial charge in [0.1, 0.15) is 0 Å². The first kappa shape index (κ1) is 12.2. The first-order chi connectivity index (χ1) is 9.33. The smallest absolute Gasteiger partial charge is 0.226 e. The van der Waals surface area contributed by atoms with Gasteiger partial charge in [0, 0.05) is 36.1 Å². The van der Waals surface area contributed by atoms with E-state index in [1.165, 1.54) is 0 Å². The molecule has 100 valence electrons. The van der Waals surface area contributed by atoms with Crippen LogP contribution in [0.15, 0.2) is 30.5 Å². The van der Waals surface area contributed by atoms with Crippen molar-refractivity contribution < 1.29 is 9.53 Å². The van der Waals surface area contributed by atoms with Crippen LogP contribution in [0.3, 0.4) is 0 Å². The maximum absolute atomic E-state index is 12.0. The van der Waals surface area contributed by atoms with Crippen molar-refractivity contribution in [2.45, 2.75) is 12.5 Å². The second kappa shape index (κ2) is 5.42. The van der Waals surface area contributed by atoms with Crippen LogP contribution in [-0.2, 0) is 9.53 Å². The summed E-state index contributed by atoms with van der Waals surface area (Å²) < 4.78 is 5.34. The number of carbonyl (C=O) groups excluding carboxylic acids is 1. The lowest BCUT2D eigenvalue weighted by Crippen LogP contribution is -2.43. The summed E-state index contributed by atoms with van der Waals surface area (Å²) in [4.78, 5) is 15.2. The zero-order valence-electron chi connectivity index (χ0n) is 10.6. The average molecular weight is 259 g/mol.